The number of para-hydroxylation sites is 1. The summed E-state index contributed by atoms with van der Waals surface area (Å²) in [5.74, 6) is 0. The van der Waals surface area contributed by atoms with E-state index in [1.165, 1.54) is 28.0 Å². The molecule has 1 heterocycles. The Morgan fingerprint density at radius 1 is 1.05 bits per heavy atom. The molecule has 0 saturated carbocycles. The molecule has 0 saturated heterocycles. The van der Waals surface area contributed by atoms with Gasteiger partial charge in [0.2, 0.25) is 0 Å². The molecule has 0 atom stereocenters. The fraction of sp³-hybridized carbons (Fsp3) is 0.176. The van der Waals surface area contributed by atoms with Crippen LogP contribution >= 0.6 is 0 Å². The highest BCUT2D eigenvalue weighted by Gasteiger charge is 2.13. The summed E-state index contributed by atoms with van der Waals surface area (Å²) in [6.07, 6.45) is 0. The summed E-state index contributed by atoms with van der Waals surface area (Å²) in [6, 6.07) is 16.8. The average molecular weight is 265 g/mol. The van der Waals surface area contributed by atoms with Crippen LogP contribution in [0.2, 0.25) is 0 Å². The number of benzene rings is 2. The van der Waals surface area contributed by atoms with E-state index in [4.69, 9.17) is 0 Å². The molecule has 0 aliphatic rings. The molecule has 0 unspecified atom stereocenters. The molecule has 0 bridgehead atoms. The average Bonchev–Trinajstić information content (AvgIpc) is 2.82. The molecule has 1 aromatic heterocycles. The second-order valence-electron chi connectivity index (χ2n) is 5.00. The number of aryl methyl sites for hydroxylation is 1. The summed E-state index contributed by atoms with van der Waals surface area (Å²) in [5, 5.41) is 4.44. The fourth-order valence-corrected chi connectivity index (χ4v) is 2.69. The van der Waals surface area contributed by atoms with Crippen molar-refractivity contribution >= 4 is 28.0 Å². The van der Waals surface area contributed by atoms with Gasteiger partial charge in [0.25, 0.3) is 0 Å². The van der Waals surface area contributed by atoms with Crippen LogP contribution in [0.3, 0.4) is 0 Å². The van der Waals surface area contributed by atoms with Gasteiger partial charge in [-0.05, 0) is 31.2 Å². The van der Waals surface area contributed by atoms with Crippen molar-refractivity contribution in [3.05, 3.63) is 54.2 Å². The minimum Gasteiger partial charge on any atom is -0.388 e. The summed E-state index contributed by atoms with van der Waals surface area (Å²) in [5.41, 5.74) is 5.88. The quantitative estimate of drug-likeness (QED) is 0.740. The van der Waals surface area contributed by atoms with Crippen LogP contribution in [-0.4, -0.2) is 19.1 Å². The molecule has 0 amide bonds. The Kier molecular flexibility index (Phi) is 3.11. The van der Waals surface area contributed by atoms with Gasteiger partial charge in [0.15, 0.2) is 0 Å². The normalized spacial score (nSPS) is 10.8. The van der Waals surface area contributed by atoms with E-state index in [1.807, 2.05) is 7.05 Å². The Labute approximate surface area is 119 Å². The van der Waals surface area contributed by atoms with Crippen molar-refractivity contribution in [1.82, 2.24) is 4.98 Å². The summed E-state index contributed by atoms with van der Waals surface area (Å²) in [4.78, 5) is 5.68. The van der Waals surface area contributed by atoms with E-state index in [0.717, 1.165) is 5.69 Å². The van der Waals surface area contributed by atoms with E-state index in [1.54, 1.807) is 0 Å². The molecule has 2 N–H and O–H groups in total. The molecule has 2 aromatic carbocycles. The molecule has 3 aromatic rings. The minimum absolute atomic E-state index is 1.12. The third kappa shape index (κ3) is 2.01. The van der Waals surface area contributed by atoms with E-state index < -0.39 is 0 Å². The first-order chi connectivity index (χ1) is 9.70. The van der Waals surface area contributed by atoms with E-state index in [0.29, 0.717) is 0 Å². The van der Waals surface area contributed by atoms with Gasteiger partial charge in [-0.2, -0.15) is 0 Å². The topological polar surface area (TPSA) is 31.1 Å². The smallest absolute Gasteiger partial charge is 0.0696 e. The minimum atomic E-state index is 1.12. The lowest BCUT2D eigenvalue weighted by molar-refractivity contribution is 1.17. The number of aromatic nitrogens is 1. The monoisotopic (exact) mass is 265 g/mol. The molecule has 0 radical (unpaired) electrons. The van der Waals surface area contributed by atoms with Gasteiger partial charge in [-0.25, -0.2) is 0 Å². The van der Waals surface area contributed by atoms with Crippen molar-refractivity contribution in [1.29, 1.82) is 0 Å². The maximum atomic E-state index is 3.45. The van der Waals surface area contributed by atoms with Crippen LogP contribution < -0.4 is 10.2 Å². The summed E-state index contributed by atoms with van der Waals surface area (Å²) >= 11 is 0. The van der Waals surface area contributed by atoms with Crippen LogP contribution in [0.5, 0.6) is 0 Å². The van der Waals surface area contributed by atoms with Crippen LogP contribution in [0.15, 0.2) is 48.5 Å². The Morgan fingerprint density at radius 2 is 1.85 bits per heavy atom. The van der Waals surface area contributed by atoms with Crippen molar-refractivity contribution in [2.75, 3.05) is 24.3 Å². The highest BCUT2D eigenvalue weighted by Crippen LogP contribution is 2.34. The van der Waals surface area contributed by atoms with Gasteiger partial charge in [-0.1, -0.05) is 24.3 Å². The van der Waals surface area contributed by atoms with Gasteiger partial charge in [0, 0.05) is 42.1 Å². The van der Waals surface area contributed by atoms with Gasteiger partial charge in [-0.3, -0.25) is 0 Å². The zero-order valence-corrected chi connectivity index (χ0v) is 12.1. The predicted molar refractivity (Wildman–Crippen MR) is 87.1 cm³/mol. The number of H-pyrrole nitrogens is 1. The molecular formula is C17H19N3. The molecule has 3 nitrogen and oxygen atoms in total. The number of hydrogen-bond acceptors (Lipinski definition) is 2. The maximum absolute atomic E-state index is 3.45. The molecule has 0 spiro atoms. The lowest BCUT2D eigenvalue weighted by atomic mass is 10.2. The van der Waals surface area contributed by atoms with E-state index in [-0.39, 0.29) is 0 Å². The second kappa shape index (κ2) is 4.93. The van der Waals surface area contributed by atoms with E-state index in [2.05, 4.69) is 77.7 Å². The van der Waals surface area contributed by atoms with Crippen molar-refractivity contribution in [2.45, 2.75) is 6.92 Å². The van der Waals surface area contributed by atoms with Crippen molar-refractivity contribution in [3.8, 4) is 0 Å². The standard InChI is InChI=1S/C17H19N3/c1-12-17(15-9-4-5-10-16(15)19-12)20(3)14-8-6-7-13(11-14)18-2/h4-11,18-19H,1-3H3. The largest absolute Gasteiger partial charge is 0.388 e. The Bertz CT molecular complexity index is 743. The second-order valence-corrected chi connectivity index (χ2v) is 5.00. The van der Waals surface area contributed by atoms with Gasteiger partial charge in [0.05, 0.1) is 5.69 Å². The SMILES string of the molecule is CNc1cccc(N(C)c2c(C)[nH]c3ccccc23)c1. The zero-order chi connectivity index (χ0) is 14.1. The van der Waals surface area contributed by atoms with E-state index in [9.17, 15) is 0 Å². The first-order valence-corrected chi connectivity index (χ1v) is 6.79. The lowest BCUT2D eigenvalue weighted by Crippen LogP contribution is -2.10. The molecule has 3 rings (SSSR count). The first kappa shape index (κ1) is 12.6. The van der Waals surface area contributed by atoms with E-state index >= 15 is 0 Å². The maximum Gasteiger partial charge on any atom is 0.0696 e. The summed E-state index contributed by atoms with van der Waals surface area (Å²) in [6.45, 7) is 2.12. The van der Waals surface area contributed by atoms with Crippen molar-refractivity contribution in [2.24, 2.45) is 0 Å². The highest BCUT2D eigenvalue weighted by atomic mass is 15.1. The van der Waals surface area contributed by atoms with Crippen LogP contribution in [0.25, 0.3) is 10.9 Å². The summed E-state index contributed by atoms with van der Waals surface area (Å²) < 4.78 is 0. The molecule has 0 aliphatic heterocycles. The van der Waals surface area contributed by atoms with Crippen molar-refractivity contribution < 1.29 is 0 Å². The fourth-order valence-electron chi connectivity index (χ4n) is 2.69. The number of anilines is 3. The summed E-state index contributed by atoms with van der Waals surface area (Å²) in [7, 11) is 4.05. The molecule has 0 fully saturated rings. The first-order valence-electron chi connectivity index (χ1n) is 6.79. The van der Waals surface area contributed by atoms with Gasteiger partial charge >= 0.3 is 0 Å². The number of fused-ring (bicyclic) bond motifs is 1. The third-order valence-corrected chi connectivity index (χ3v) is 3.72. The highest BCUT2D eigenvalue weighted by molar-refractivity contribution is 5.96. The molecular weight excluding hydrogens is 246 g/mol. The number of rotatable bonds is 3. The molecule has 20 heavy (non-hydrogen) atoms. The van der Waals surface area contributed by atoms with Crippen LogP contribution in [-0.2, 0) is 0 Å². The number of aromatic amines is 1. The van der Waals surface area contributed by atoms with Gasteiger partial charge in [0.1, 0.15) is 0 Å². The van der Waals surface area contributed by atoms with Crippen LogP contribution in [0.1, 0.15) is 5.69 Å². The number of nitrogens with zero attached hydrogens (tertiary/aromatic N) is 1. The van der Waals surface area contributed by atoms with Crippen molar-refractivity contribution in [3.63, 3.8) is 0 Å². The number of hydrogen-bond donors (Lipinski definition) is 2. The van der Waals surface area contributed by atoms with Gasteiger partial charge in [-0.15, -0.1) is 0 Å². The number of nitrogens with one attached hydrogen (secondary N) is 2. The Hall–Kier alpha value is -2.42. The molecule has 0 aliphatic carbocycles. The Morgan fingerprint density at radius 3 is 2.65 bits per heavy atom. The lowest BCUT2D eigenvalue weighted by Gasteiger charge is -2.20. The van der Waals surface area contributed by atoms with Crippen LogP contribution in [0, 0.1) is 6.92 Å². The van der Waals surface area contributed by atoms with Crippen LogP contribution in [0.4, 0.5) is 17.1 Å². The third-order valence-electron chi connectivity index (χ3n) is 3.72. The zero-order valence-electron chi connectivity index (χ0n) is 12.1. The van der Waals surface area contributed by atoms with Gasteiger partial charge < -0.3 is 15.2 Å². The Balaban J connectivity index is 2.12. The predicted octanol–water partition coefficient (Wildman–Crippen LogP) is 4.29. The molecule has 102 valence electrons. The molecule has 3 heteroatoms.